The Labute approximate surface area is 96.7 Å². The molecule has 0 radical (unpaired) electrons. The monoisotopic (exact) mass is 244 g/mol. The molecule has 1 unspecified atom stereocenters. The summed E-state index contributed by atoms with van der Waals surface area (Å²) in [6.45, 7) is 0.940. The van der Waals surface area contributed by atoms with E-state index in [4.69, 9.17) is 0 Å². The first-order valence-corrected chi connectivity index (χ1v) is 4.87. The van der Waals surface area contributed by atoms with Gasteiger partial charge in [0.2, 0.25) is 6.10 Å². The topological polar surface area (TPSA) is 26.3 Å². The van der Waals surface area contributed by atoms with E-state index in [-0.39, 0.29) is 0 Å². The van der Waals surface area contributed by atoms with E-state index in [1.165, 1.54) is 6.08 Å². The molecule has 5 heteroatoms. The normalized spacial score (nSPS) is 13.6. The molecule has 0 saturated carbocycles. The first kappa shape index (κ1) is 13.3. The van der Waals surface area contributed by atoms with E-state index in [1.807, 2.05) is 0 Å². The van der Waals surface area contributed by atoms with Gasteiger partial charge < -0.3 is 4.74 Å². The number of esters is 1. The first-order chi connectivity index (χ1) is 7.89. The van der Waals surface area contributed by atoms with Gasteiger partial charge in [0.1, 0.15) is 0 Å². The van der Waals surface area contributed by atoms with Crippen LogP contribution in [-0.4, -0.2) is 18.2 Å². The fraction of sp³-hybridized carbons (Fsp3) is 0.250. The van der Waals surface area contributed by atoms with Crippen LogP contribution in [0.1, 0.15) is 12.5 Å². The van der Waals surface area contributed by atoms with Crippen LogP contribution in [0.15, 0.2) is 36.4 Å². The van der Waals surface area contributed by atoms with Crippen molar-refractivity contribution in [3.05, 3.63) is 42.0 Å². The fourth-order valence-corrected chi connectivity index (χ4v) is 1.16. The molecule has 0 saturated heterocycles. The van der Waals surface area contributed by atoms with Crippen molar-refractivity contribution < 1.29 is 22.7 Å². The summed E-state index contributed by atoms with van der Waals surface area (Å²) in [5, 5.41) is 0. The predicted molar refractivity (Wildman–Crippen MR) is 57.1 cm³/mol. The minimum Gasteiger partial charge on any atom is -0.449 e. The summed E-state index contributed by atoms with van der Waals surface area (Å²) in [6.07, 6.45) is -4.73. The lowest BCUT2D eigenvalue weighted by atomic mass is 10.2. The Hall–Kier alpha value is -1.78. The van der Waals surface area contributed by atoms with Crippen molar-refractivity contribution in [2.45, 2.75) is 19.2 Å². The molecule has 0 heterocycles. The van der Waals surface area contributed by atoms with Crippen LogP contribution in [0.4, 0.5) is 13.2 Å². The average molecular weight is 244 g/mol. The third-order valence-corrected chi connectivity index (χ3v) is 1.88. The Morgan fingerprint density at radius 3 is 2.35 bits per heavy atom. The van der Waals surface area contributed by atoms with Crippen LogP contribution in [0.25, 0.3) is 6.08 Å². The van der Waals surface area contributed by atoms with Gasteiger partial charge in [0.15, 0.2) is 0 Å². The van der Waals surface area contributed by atoms with Crippen LogP contribution in [0.2, 0.25) is 0 Å². The highest BCUT2D eigenvalue weighted by Gasteiger charge is 2.40. The lowest BCUT2D eigenvalue weighted by Gasteiger charge is -2.16. The molecule has 1 aromatic carbocycles. The van der Waals surface area contributed by atoms with Crippen LogP contribution >= 0.6 is 0 Å². The molecular formula is C12H11F3O2. The Kier molecular flexibility index (Phi) is 4.31. The maximum Gasteiger partial charge on any atom is 0.429 e. The van der Waals surface area contributed by atoms with Gasteiger partial charge in [-0.2, -0.15) is 13.2 Å². The molecule has 0 bridgehead atoms. The van der Waals surface area contributed by atoms with Gasteiger partial charge in [-0.05, 0) is 11.6 Å². The quantitative estimate of drug-likeness (QED) is 0.763. The number of carbonyl (C=O) groups is 1. The van der Waals surface area contributed by atoms with Crippen LogP contribution in [0.3, 0.4) is 0 Å². The fourth-order valence-electron chi connectivity index (χ4n) is 1.16. The molecule has 0 fully saturated rings. The Morgan fingerprint density at radius 1 is 1.29 bits per heavy atom. The summed E-state index contributed by atoms with van der Waals surface area (Å²) in [6, 6.07) is 8.46. The number of hydrogen-bond acceptors (Lipinski definition) is 2. The summed E-state index contributed by atoms with van der Waals surface area (Å²) in [4.78, 5) is 10.6. The van der Waals surface area contributed by atoms with Crippen molar-refractivity contribution in [2.75, 3.05) is 0 Å². The molecule has 1 aromatic rings. The summed E-state index contributed by atoms with van der Waals surface area (Å²) in [5.74, 6) is -0.968. The number of rotatable bonds is 3. The molecule has 0 N–H and O–H groups in total. The van der Waals surface area contributed by atoms with Gasteiger partial charge in [0.05, 0.1) is 0 Å². The van der Waals surface area contributed by atoms with Gasteiger partial charge in [-0.15, -0.1) is 0 Å². The van der Waals surface area contributed by atoms with Crippen LogP contribution in [-0.2, 0) is 9.53 Å². The molecular weight excluding hydrogens is 233 g/mol. The molecule has 2 nitrogen and oxygen atoms in total. The highest BCUT2D eigenvalue weighted by Crippen LogP contribution is 2.24. The standard InChI is InChI=1S/C12H11F3O2/c1-9(16)17-11(12(13,14)15)8-7-10-5-3-2-4-6-10/h2-8,11H,1H3/b8-7+. The minimum atomic E-state index is -4.60. The lowest BCUT2D eigenvalue weighted by Crippen LogP contribution is -2.31. The second-order valence-corrected chi connectivity index (χ2v) is 3.34. The second-order valence-electron chi connectivity index (χ2n) is 3.34. The van der Waals surface area contributed by atoms with Crippen LogP contribution in [0, 0.1) is 0 Å². The summed E-state index contributed by atoms with van der Waals surface area (Å²) < 4.78 is 41.5. The molecule has 0 aliphatic heterocycles. The van der Waals surface area contributed by atoms with E-state index in [0.29, 0.717) is 5.56 Å². The Balaban J connectivity index is 2.80. The summed E-state index contributed by atoms with van der Waals surface area (Å²) in [7, 11) is 0. The number of ether oxygens (including phenoxy) is 1. The Morgan fingerprint density at radius 2 is 1.88 bits per heavy atom. The second kappa shape index (κ2) is 5.52. The zero-order valence-electron chi connectivity index (χ0n) is 9.07. The van der Waals surface area contributed by atoms with Gasteiger partial charge in [0.25, 0.3) is 0 Å². The first-order valence-electron chi connectivity index (χ1n) is 4.87. The van der Waals surface area contributed by atoms with E-state index in [9.17, 15) is 18.0 Å². The van der Waals surface area contributed by atoms with Gasteiger partial charge >= 0.3 is 12.1 Å². The number of hydrogen-bond donors (Lipinski definition) is 0. The third-order valence-electron chi connectivity index (χ3n) is 1.88. The van der Waals surface area contributed by atoms with E-state index in [2.05, 4.69) is 4.74 Å². The molecule has 1 atom stereocenters. The molecule has 0 aromatic heterocycles. The van der Waals surface area contributed by atoms with E-state index in [1.54, 1.807) is 30.3 Å². The minimum absolute atomic E-state index is 0.605. The molecule has 0 amide bonds. The summed E-state index contributed by atoms with van der Waals surface area (Å²) >= 11 is 0. The predicted octanol–water partition coefficient (Wildman–Crippen LogP) is 3.19. The zero-order valence-corrected chi connectivity index (χ0v) is 9.07. The number of benzene rings is 1. The van der Waals surface area contributed by atoms with Gasteiger partial charge in [-0.3, -0.25) is 4.79 Å². The largest absolute Gasteiger partial charge is 0.449 e. The van der Waals surface area contributed by atoms with Crippen molar-refractivity contribution in [1.82, 2.24) is 0 Å². The Bertz CT molecular complexity index is 396. The summed E-state index contributed by atoms with van der Waals surface area (Å²) in [5.41, 5.74) is 0.605. The van der Waals surface area contributed by atoms with Crippen LogP contribution in [0.5, 0.6) is 0 Å². The lowest BCUT2D eigenvalue weighted by molar-refractivity contribution is -0.206. The molecule has 0 spiro atoms. The average Bonchev–Trinajstić information content (AvgIpc) is 2.23. The maximum absolute atomic E-state index is 12.5. The smallest absolute Gasteiger partial charge is 0.429 e. The van der Waals surface area contributed by atoms with Crippen molar-refractivity contribution in [3.8, 4) is 0 Å². The van der Waals surface area contributed by atoms with E-state index in [0.717, 1.165) is 13.0 Å². The number of halogens is 3. The van der Waals surface area contributed by atoms with Crippen molar-refractivity contribution >= 4 is 12.0 Å². The molecule has 92 valence electrons. The van der Waals surface area contributed by atoms with Gasteiger partial charge in [-0.25, -0.2) is 0 Å². The number of carbonyl (C=O) groups excluding carboxylic acids is 1. The van der Waals surface area contributed by atoms with Crippen molar-refractivity contribution in [3.63, 3.8) is 0 Å². The van der Waals surface area contributed by atoms with Gasteiger partial charge in [-0.1, -0.05) is 36.4 Å². The third kappa shape index (κ3) is 4.72. The van der Waals surface area contributed by atoms with Crippen molar-refractivity contribution in [2.24, 2.45) is 0 Å². The van der Waals surface area contributed by atoms with E-state index >= 15 is 0 Å². The molecule has 1 rings (SSSR count). The molecule has 0 aliphatic rings. The SMILES string of the molecule is CC(=O)OC(/C=C/c1ccccc1)C(F)(F)F. The van der Waals surface area contributed by atoms with Gasteiger partial charge in [0, 0.05) is 6.92 Å². The maximum atomic E-state index is 12.5. The molecule has 0 aliphatic carbocycles. The highest BCUT2D eigenvalue weighted by molar-refractivity contribution is 5.66. The van der Waals surface area contributed by atoms with E-state index < -0.39 is 18.2 Å². The van der Waals surface area contributed by atoms with Crippen LogP contribution < -0.4 is 0 Å². The van der Waals surface area contributed by atoms with Crippen molar-refractivity contribution in [1.29, 1.82) is 0 Å². The number of alkyl halides is 3. The molecule has 17 heavy (non-hydrogen) atoms. The zero-order chi connectivity index (χ0) is 12.9. The highest BCUT2D eigenvalue weighted by atomic mass is 19.4.